The molecule has 2 heterocycles. The topological polar surface area (TPSA) is 43.0 Å². The van der Waals surface area contributed by atoms with Gasteiger partial charge in [-0.1, -0.05) is 18.2 Å². The van der Waals surface area contributed by atoms with Crippen LogP contribution in [-0.2, 0) is 0 Å². The van der Waals surface area contributed by atoms with E-state index in [0.717, 1.165) is 21.5 Å². The van der Waals surface area contributed by atoms with Gasteiger partial charge in [0.15, 0.2) is 4.67 Å². The lowest BCUT2D eigenvalue weighted by Crippen LogP contribution is -2.16. The van der Waals surface area contributed by atoms with E-state index in [1.807, 2.05) is 60.5 Å². The van der Waals surface area contributed by atoms with Crippen molar-refractivity contribution in [1.29, 1.82) is 0 Å². The Morgan fingerprint density at radius 1 is 1.25 bits per heavy atom. The van der Waals surface area contributed by atoms with Crippen LogP contribution < -0.4 is 5.32 Å². The Labute approximate surface area is 125 Å². The number of para-hydroxylation sites is 1. The smallest absolute Gasteiger partial charge is 0.174 e. The summed E-state index contributed by atoms with van der Waals surface area (Å²) in [6.45, 7) is 0. The van der Waals surface area contributed by atoms with Gasteiger partial charge in [-0.05, 0) is 41.2 Å². The largest absolute Gasteiger partial charge is 0.457 e. The van der Waals surface area contributed by atoms with E-state index in [2.05, 4.69) is 26.3 Å². The molecule has 0 saturated heterocycles. The Morgan fingerprint density at radius 2 is 2.05 bits per heavy atom. The van der Waals surface area contributed by atoms with Gasteiger partial charge in [0.2, 0.25) is 0 Å². The average molecular weight is 332 g/mol. The van der Waals surface area contributed by atoms with Gasteiger partial charge in [-0.3, -0.25) is 0 Å². The van der Waals surface area contributed by atoms with E-state index < -0.39 is 0 Å². The van der Waals surface area contributed by atoms with Crippen LogP contribution in [0.4, 0.5) is 0 Å². The Morgan fingerprint density at radius 3 is 2.70 bits per heavy atom. The van der Waals surface area contributed by atoms with E-state index in [1.165, 1.54) is 0 Å². The highest BCUT2D eigenvalue weighted by atomic mass is 79.9. The zero-order chi connectivity index (χ0) is 13.9. The fourth-order valence-corrected chi connectivity index (χ4v) is 2.69. The second-order valence-electron chi connectivity index (χ2n) is 4.43. The molecule has 0 aliphatic rings. The molecule has 1 N–H and O–H groups in total. The molecule has 0 aliphatic carbocycles. The highest BCUT2D eigenvalue weighted by Crippen LogP contribution is 2.29. The summed E-state index contributed by atoms with van der Waals surface area (Å²) >= 11 is 3.42. The highest BCUT2D eigenvalue weighted by molar-refractivity contribution is 9.10. The molecule has 102 valence electrons. The predicted molar refractivity (Wildman–Crippen MR) is 80.9 cm³/mol. The molecule has 0 bridgehead atoms. The number of furan rings is 1. The lowest BCUT2D eigenvalue weighted by atomic mass is 10.1. The number of hydrogen-bond acceptors (Lipinski definition) is 3. The molecule has 1 aromatic carbocycles. The summed E-state index contributed by atoms with van der Waals surface area (Å²) < 4.78 is 7.92. The molecule has 1 unspecified atom stereocenters. The maximum absolute atomic E-state index is 5.31. The van der Waals surface area contributed by atoms with Gasteiger partial charge >= 0.3 is 0 Å². The first-order valence-corrected chi connectivity index (χ1v) is 7.09. The zero-order valence-electron chi connectivity index (χ0n) is 11.0. The predicted octanol–water partition coefficient (Wildman–Crippen LogP) is 3.54. The normalized spacial score (nSPS) is 12.5. The quantitative estimate of drug-likeness (QED) is 0.795. The molecule has 0 radical (unpaired) electrons. The summed E-state index contributed by atoms with van der Waals surface area (Å²) in [5.74, 6) is 0. The minimum absolute atomic E-state index is 0.0422. The molecule has 0 spiro atoms. The Kier molecular flexibility index (Phi) is 3.71. The van der Waals surface area contributed by atoms with Crippen molar-refractivity contribution in [2.45, 2.75) is 6.04 Å². The van der Waals surface area contributed by atoms with Crippen LogP contribution in [0.5, 0.6) is 0 Å². The summed E-state index contributed by atoms with van der Waals surface area (Å²) in [4.78, 5) is 0. The fourth-order valence-electron chi connectivity index (χ4n) is 2.22. The maximum atomic E-state index is 5.31. The van der Waals surface area contributed by atoms with E-state index in [4.69, 9.17) is 4.42 Å². The van der Waals surface area contributed by atoms with Crippen molar-refractivity contribution in [3.8, 4) is 5.69 Å². The van der Waals surface area contributed by atoms with Crippen LogP contribution in [0, 0.1) is 0 Å². The molecule has 20 heavy (non-hydrogen) atoms. The van der Waals surface area contributed by atoms with E-state index in [1.54, 1.807) is 6.26 Å². The summed E-state index contributed by atoms with van der Waals surface area (Å²) in [6.07, 6.45) is 5.56. The molecule has 0 saturated carbocycles. The second kappa shape index (κ2) is 5.64. The van der Waals surface area contributed by atoms with Crippen molar-refractivity contribution in [1.82, 2.24) is 15.1 Å². The zero-order valence-corrected chi connectivity index (χ0v) is 12.5. The van der Waals surface area contributed by atoms with Gasteiger partial charge in [0.1, 0.15) is 0 Å². The minimum Gasteiger partial charge on any atom is -0.457 e. The summed E-state index contributed by atoms with van der Waals surface area (Å²) in [6, 6.07) is 12.0. The van der Waals surface area contributed by atoms with Crippen molar-refractivity contribution in [2.75, 3.05) is 7.05 Å². The molecule has 3 aromatic rings. The minimum atomic E-state index is 0.0422. The van der Waals surface area contributed by atoms with E-state index in [-0.39, 0.29) is 6.04 Å². The van der Waals surface area contributed by atoms with Gasteiger partial charge in [0.05, 0.1) is 24.2 Å². The van der Waals surface area contributed by atoms with Crippen molar-refractivity contribution in [3.63, 3.8) is 0 Å². The van der Waals surface area contributed by atoms with E-state index >= 15 is 0 Å². The first-order chi connectivity index (χ1) is 9.79. The Hall–Kier alpha value is -1.85. The van der Waals surface area contributed by atoms with Gasteiger partial charge < -0.3 is 9.73 Å². The first kappa shape index (κ1) is 13.1. The van der Waals surface area contributed by atoms with Crippen molar-refractivity contribution in [3.05, 3.63) is 70.9 Å². The van der Waals surface area contributed by atoms with Crippen LogP contribution in [0.15, 0.2) is 64.1 Å². The molecule has 3 rings (SSSR count). The lowest BCUT2D eigenvalue weighted by Gasteiger charge is -2.12. The van der Waals surface area contributed by atoms with Crippen LogP contribution in [0.1, 0.15) is 17.2 Å². The van der Waals surface area contributed by atoms with Gasteiger partial charge in [-0.2, -0.15) is 5.10 Å². The molecule has 2 aromatic heterocycles. The van der Waals surface area contributed by atoms with Crippen molar-refractivity contribution < 1.29 is 4.42 Å². The standard InChI is InChI=1S/C15H14BrN3O/c1-17-14(13-7-8-20-15(13)16)11-9-18-19(10-11)12-5-3-2-4-6-12/h2-10,14,17H,1H3. The van der Waals surface area contributed by atoms with E-state index in [9.17, 15) is 0 Å². The molecule has 5 heteroatoms. The Bertz CT molecular complexity index is 690. The number of halogens is 1. The molecular formula is C15H14BrN3O. The van der Waals surface area contributed by atoms with Crippen molar-refractivity contribution >= 4 is 15.9 Å². The Balaban J connectivity index is 1.95. The molecule has 1 atom stereocenters. The fraction of sp³-hybridized carbons (Fsp3) is 0.133. The van der Waals surface area contributed by atoms with Crippen LogP contribution in [0.25, 0.3) is 5.69 Å². The van der Waals surface area contributed by atoms with Gasteiger partial charge in [-0.15, -0.1) is 0 Å². The van der Waals surface area contributed by atoms with E-state index in [0.29, 0.717) is 0 Å². The van der Waals surface area contributed by atoms with Crippen LogP contribution in [0.2, 0.25) is 0 Å². The third-order valence-corrected chi connectivity index (χ3v) is 3.85. The molecule has 0 aliphatic heterocycles. The maximum Gasteiger partial charge on any atom is 0.174 e. The molecule has 4 nitrogen and oxygen atoms in total. The number of benzene rings is 1. The summed E-state index contributed by atoms with van der Waals surface area (Å²) in [5.41, 5.74) is 3.18. The van der Waals surface area contributed by atoms with Gasteiger partial charge in [0, 0.05) is 17.3 Å². The van der Waals surface area contributed by atoms with Crippen LogP contribution in [0.3, 0.4) is 0 Å². The summed E-state index contributed by atoms with van der Waals surface area (Å²) in [7, 11) is 1.92. The monoisotopic (exact) mass is 331 g/mol. The SMILES string of the molecule is CNC(c1cnn(-c2ccccc2)c1)c1ccoc1Br. The number of aromatic nitrogens is 2. The molecule has 0 fully saturated rings. The van der Waals surface area contributed by atoms with Crippen LogP contribution in [-0.4, -0.2) is 16.8 Å². The third-order valence-electron chi connectivity index (χ3n) is 3.20. The average Bonchev–Trinajstić information content (AvgIpc) is 3.12. The number of nitrogens with zero attached hydrogens (tertiary/aromatic N) is 2. The lowest BCUT2D eigenvalue weighted by molar-refractivity contribution is 0.530. The van der Waals surface area contributed by atoms with Gasteiger partial charge in [0.25, 0.3) is 0 Å². The third kappa shape index (κ3) is 2.42. The molecular weight excluding hydrogens is 318 g/mol. The molecule has 0 amide bonds. The van der Waals surface area contributed by atoms with Gasteiger partial charge in [-0.25, -0.2) is 4.68 Å². The number of nitrogens with one attached hydrogen (secondary N) is 1. The van der Waals surface area contributed by atoms with Crippen LogP contribution >= 0.6 is 15.9 Å². The summed E-state index contributed by atoms with van der Waals surface area (Å²) in [5, 5.41) is 7.71. The number of hydrogen-bond donors (Lipinski definition) is 1. The second-order valence-corrected chi connectivity index (χ2v) is 5.15. The highest BCUT2D eigenvalue weighted by Gasteiger charge is 2.18. The van der Waals surface area contributed by atoms with Crippen molar-refractivity contribution in [2.24, 2.45) is 0 Å². The first-order valence-electron chi connectivity index (χ1n) is 6.29. The number of rotatable bonds is 4.